The van der Waals surface area contributed by atoms with Gasteiger partial charge in [-0.05, 0) is 30.7 Å². The second-order valence-corrected chi connectivity index (χ2v) is 6.84. The molecule has 0 spiro atoms. The molecule has 0 aliphatic carbocycles. The van der Waals surface area contributed by atoms with E-state index in [4.69, 9.17) is 9.47 Å². The van der Waals surface area contributed by atoms with Crippen LogP contribution in [0.15, 0.2) is 24.3 Å². The van der Waals surface area contributed by atoms with E-state index in [1.165, 1.54) is 70.6 Å². The van der Waals surface area contributed by atoms with Crippen LogP contribution in [0.3, 0.4) is 0 Å². The predicted molar refractivity (Wildman–Crippen MR) is 105 cm³/mol. The fraction of sp³-hybridized carbons (Fsp3) is 0.727. The highest BCUT2D eigenvalue weighted by Gasteiger charge is 1.96. The minimum Gasteiger partial charge on any atom is -0.508 e. The van der Waals surface area contributed by atoms with Crippen LogP contribution in [0.4, 0.5) is 0 Å². The molecule has 0 aromatic heterocycles. The standard InChI is InChI=1S/C22H38O3/c1-2-3-4-5-6-7-8-9-10-11-12-18-24-19-13-20-25-22-16-14-21(23)15-17-22/h14-17,23H,2-13,18-20H2,1H3. The zero-order chi connectivity index (χ0) is 18.0. The number of phenolic OH excluding ortho intramolecular Hbond substituents is 1. The molecule has 0 unspecified atom stereocenters. The summed E-state index contributed by atoms with van der Waals surface area (Å²) in [5.74, 6) is 1.06. The number of phenols is 1. The molecular formula is C22H38O3. The summed E-state index contributed by atoms with van der Waals surface area (Å²) in [5, 5.41) is 9.19. The van der Waals surface area contributed by atoms with E-state index in [0.717, 1.165) is 25.4 Å². The van der Waals surface area contributed by atoms with Gasteiger partial charge in [-0.3, -0.25) is 0 Å². The minimum absolute atomic E-state index is 0.266. The molecule has 0 atom stereocenters. The maximum Gasteiger partial charge on any atom is 0.119 e. The minimum atomic E-state index is 0.266. The number of hydrogen-bond donors (Lipinski definition) is 1. The number of unbranched alkanes of at least 4 members (excludes halogenated alkanes) is 10. The molecule has 0 aliphatic rings. The van der Waals surface area contributed by atoms with Gasteiger partial charge in [-0.25, -0.2) is 0 Å². The maximum atomic E-state index is 9.19. The molecule has 144 valence electrons. The van der Waals surface area contributed by atoms with Gasteiger partial charge in [0.05, 0.1) is 6.61 Å². The van der Waals surface area contributed by atoms with E-state index < -0.39 is 0 Å². The normalized spacial score (nSPS) is 10.9. The van der Waals surface area contributed by atoms with E-state index in [1.807, 2.05) is 0 Å². The lowest BCUT2D eigenvalue weighted by atomic mass is 10.1. The second-order valence-electron chi connectivity index (χ2n) is 6.84. The first-order chi connectivity index (χ1) is 12.3. The van der Waals surface area contributed by atoms with Crippen LogP contribution in [0.5, 0.6) is 11.5 Å². The Morgan fingerprint density at radius 3 is 1.76 bits per heavy atom. The molecule has 0 amide bonds. The summed E-state index contributed by atoms with van der Waals surface area (Å²) >= 11 is 0. The molecule has 3 nitrogen and oxygen atoms in total. The van der Waals surface area contributed by atoms with Gasteiger partial charge in [-0.1, -0.05) is 71.1 Å². The average molecular weight is 351 g/mol. The summed E-state index contributed by atoms with van der Waals surface area (Å²) in [7, 11) is 0. The van der Waals surface area contributed by atoms with Crippen molar-refractivity contribution in [1.82, 2.24) is 0 Å². The SMILES string of the molecule is CCCCCCCCCCCCCOCCCOc1ccc(O)cc1. The van der Waals surface area contributed by atoms with Gasteiger partial charge in [0.2, 0.25) is 0 Å². The lowest BCUT2D eigenvalue weighted by Crippen LogP contribution is -2.04. The van der Waals surface area contributed by atoms with Crippen LogP contribution < -0.4 is 4.74 Å². The third kappa shape index (κ3) is 13.7. The molecular weight excluding hydrogens is 312 g/mol. The van der Waals surface area contributed by atoms with Crippen molar-refractivity contribution in [3.8, 4) is 11.5 Å². The van der Waals surface area contributed by atoms with Gasteiger partial charge < -0.3 is 14.6 Å². The van der Waals surface area contributed by atoms with Crippen molar-refractivity contribution in [2.24, 2.45) is 0 Å². The molecule has 1 aromatic rings. The topological polar surface area (TPSA) is 38.7 Å². The van der Waals surface area contributed by atoms with Crippen molar-refractivity contribution in [2.75, 3.05) is 19.8 Å². The Morgan fingerprint density at radius 2 is 1.16 bits per heavy atom. The third-order valence-electron chi connectivity index (χ3n) is 4.43. The molecule has 1 aromatic carbocycles. The fourth-order valence-electron chi connectivity index (χ4n) is 2.86. The van der Waals surface area contributed by atoms with Gasteiger partial charge in [-0.15, -0.1) is 0 Å². The average Bonchev–Trinajstić information content (AvgIpc) is 2.63. The maximum absolute atomic E-state index is 9.19. The quantitative estimate of drug-likeness (QED) is 0.326. The van der Waals surface area contributed by atoms with E-state index in [0.29, 0.717) is 6.61 Å². The Bertz CT molecular complexity index is 389. The van der Waals surface area contributed by atoms with Crippen LogP contribution in [0.25, 0.3) is 0 Å². The molecule has 0 saturated carbocycles. The molecule has 0 radical (unpaired) electrons. The summed E-state index contributed by atoms with van der Waals surface area (Å²) in [6.45, 7) is 4.56. The van der Waals surface area contributed by atoms with Crippen molar-refractivity contribution < 1.29 is 14.6 Å². The Kier molecular flexibility index (Phi) is 14.2. The first kappa shape index (κ1) is 21.8. The van der Waals surface area contributed by atoms with Crippen molar-refractivity contribution in [3.05, 3.63) is 24.3 Å². The molecule has 0 aliphatic heterocycles. The Balaban J connectivity index is 1.74. The van der Waals surface area contributed by atoms with Gasteiger partial charge in [0.15, 0.2) is 0 Å². The number of aromatic hydroxyl groups is 1. The largest absolute Gasteiger partial charge is 0.508 e. The van der Waals surface area contributed by atoms with Gasteiger partial charge in [0.1, 0.15) is 11.5 Å². The van der Waals surface area contributed by atoms with Gasteiger partial charge in [0, 0.05) is 19.6 Å². The van der Waals surface area contributed by atoms with Gasteiger partial charge >= 0.3 is 0 Å². The van der Waals surface area contributed by atoms with E-state index in [9.17, 15) is 5.11 Å². The van der Waals surface area contributed by atoms with Gasteiger partial charge in [-0.2, -0.15) is 0 Å². The van der Waals surface area contributed by atoms with Crippen LogP contribution in [0.1, 0.15) is 84.0 Å². The summed E-state index contributed by atoms with van der Waals surface area (Å²) in [6, 6.07) is 6.83. The number of ether oxygens (including phenoxy) is 2. The second kappa shape index (κ2) is 16.3. The summed E-state index contributed by atoms with van der Waals surface area (Å²) < 4.78 is 11.2. The Hall–Kier alpha value is -1.22. The van der Waals surface area contributed by atoms with Crippen molar-refractivity contribution in [3.63, 3.8) is 0 Å². The van der Waals surface area contributed by atoms with E-state index >= 15 is 0 Å². The van der Waals surface area contributed by atoms with Crippen molar-refractivity contribution >= 4 is 0 Å². The molecule has 1 rings (SSSR count). The Labute approximate surface area is 154 Å². The lowest BCUT2D eigenvalue weighted by Gasteiger charge is -2.07. The summed E-state index contributed by atoms with van der Waals surface area (Å²) in [4.78, 5) is 0. The third-order valence-corrected chi connectivity index (χ3v) is 4.43. The van der Waals surface area contributed by atoms with Crippen LogP contribution in [-0.2, 0) is 4.74 Å². The molecule has 3 heteroatoms. The summed E-state index contributed by atoms with van der Waals surface area (Å²) in [5.41, 5.74) is 0. The highest BCUT2D eigenvalue weighted by Crippen LogP contribution is 2.16. The van der Waals surface area contributed by atoms with E-state index in [1.54, 1.807) is 24.3 Å². The van der Waals surface area contributed by atoms with Crippen molar-refractivity contribution in [1.29, 1.82) is 0 Å². The number of hydrogen-bond acceptors (Lipinski definition) is 3. The molecule has 0 fully saturated rings. The number of rotatable bonds is 17. The molecule has 0 bridgehead atoms. The predicted octanol–water partition coefficient (Wildman–Crippen LogP) is 6.49. The van der Waals surface area contributed by atoms with E-state index in [-0.39, 0.29) is 5.75 Å². The fourth-order valence-corrected chi connectivity index (χ4v) is 2.86. The highest BCUT2D eigenvalue weighted by atomic mass is 16.5. The van der Waals surface area contributed by atoms with Crippen LogP contribution >= 0.6 is 0 Å². The molecule has 0 saturated heterocycles. The zero-order valence-corrected chi connectivity index (χ0v) is 16.2. The molecule has 1 N–H and O–H groups in total. The molecule has 25 heavy (non-hydrogen) atoms. The van der Waals surface area contributed by atoms with Crippen LogP contribution in [-0.4, -0.2) is 24.9 Å². The van der Waals surface area contributed by atoms with Crippen LogP contribution in [0.2, 0.25) is 0 Å². The van der Waals surface area contributed by atoms with E-state index in [2.05, 4.69) is 6.92 Å². The van der Waals surface area contributed by atoms with Crippen LogP contribution in [0, 0.1) is 0 Å². The first-order valence-corrected chi connectivity index (χ1v) is 10.3. The zero-order valence-electron chi connectivity index (χ0n) is 16.2. The first-order valence-electron chi connectivity index (χ1n) is 10.3. The monoisotopic (exact) mass is 350 g/mol. The lowest BCUT2D eigenvalue weighted by molar-refractivity contribution is 0.115. The highest BCUT2D eigenvalue weighted by molar-refractivity contribution is 5.29. The van der Waals surface area contributed by atoms with Gasteiger partial charge in [0.25, 0.3) is 0 Å². The molecule has 0 heterocycles. The van der Waals surface area contributed by atoms with Crippen molar-refractivity contribution in [2.45, 2.75) is 84.0 Å². The smallest absolute Gasteiger partial charge is 0.119 e. The number of benzene rings is 1. The Morgan fingerprint density at radius 1 is 0.640 bits per heavy atom. The summed E-state index contributed by atoms with van der Waals surface area (Å²) in [6.07, 6.45) is 15.9.